The average Bonchev–Trinajstić information content (AvgIpc) is 4.03. The Labute approximate surface area is 410 Å². The summed E-state index contributed by atoms with van der Waals surface area (Å²) in [5, 5.41) is 14.3. The standard InChI is InChI=1S/C45H34N3O2.C14H16NSi.Ir/c1-25(2)34-20-30(29-12-7-6-8-13-29)21-35(26(3)4)43(34)48-42-27(5)11-9-16-38(42)47-45(48)33-15-10-14-32-37-23-40-36(22-41(37)50-44(32)33)31-18-17-28(24-46)19-39(31)49-40;1-16(2,3)13-9-10-14(15-11-13)12-7-5-4-6-8-12;/h6-14,16-23,25-26H,1-5H3;4-7,9-11H,1-3H3;/q2*-1;/i5D3;;. The van der Waals surface area contributed by atoms with Crippen molar-refractivity contribution >= 4 is 68.2 Å². The molecule has 0 spiro atoms. The maximum Gasteiger partial charge on any atom is 0.136 e. The molecule has 333 valence electrons. The molecule has 0 aliphatic rings. The number of nitriles is 1. The first-order valence-electron chi connectivity index (χ1n) is 23.9. The zero-order chi connectivity index (χ0) is 48.4. The van der Waals surface area contributed by atoms with Gasteiger partial charge in [0.1, 0.15) is 16.7 Å². The predicted octanol–water partition coefficient (Wildman–Crippen LogP) is 15.5. The smallest absolute Gasteiger partial charge is 0.136 e. The van der Waals surface area contributed by atoms with E-state index in [1.165, 1.54) is 5.19 Å². The molecular formula is C59H50IrN4O2Si-2. The van der Waals surface area contributed by atoms with E-state index in [2.05, 4.69) is 111 Å². The minimum absolute atomic E-state index is 0. The van der Waals surface area contributed by atoms with Crippen molar-refractivity contribution in [2.45, 2.75) is 66.0 Å². The zero-order valence-electron chi connectivity index (χ0n) is 41.4. The van der Waals surface area contributed by atoms with Gasteiger partial charge in [0.25, 0.3) is 0 Å². The molecule has 4 aromatic heterocycles. The molecule has 0 bridgehead atoms. The fraction of sp³-hybridized carbons (Fsp3) is 0.169. The number of aryl methyl sites for hydroxylation is 1. The number of benzene rings is 7. The number of hydrogen-bond acceptors (Lipinski definition) is 5. The minimum Gasteiger partial charge on any atom is -0.501 e. The van der Waals surface area contributed by atoms with Gasteiger partial charge in [-0.3, -0.25) is 4.98 Å². The molecule has 0 aliphatic heterocycles. The Balaban J connectivity index is 0.000000304. The van der Waals surface area contributed by atoms with Crippen LogP contribution in [0.4, 0.5) is 0 Å². The first-order valence-corrected chi connectivity index (χ1v) is 25.9. The van der Waals surface area contributed by atoms with Gasteiger partial charge < -0.3 is 18.4 Å². The summed E-state index contributed by atoms with van der Waals surface area (Å²) in [6.07, 6.45) is 2.02. The molecule has 11 rings (SSSR count). The number of pyridine rings is 1. The maximum absolute atomic E-state index is 9.42. The number of nitrogens with zero attached hydrogens (tertiary/aromatic N) is 4. The van der Waals surface area contributed by atoms with E-state index in [0.29, 0.717) is 50.3 Å². The maximum atomic E-state index is 9.42. The van der Waals surface area contributed by atoms with Gasteiger partial charge in [0, 0.05) is 52.3 Å². The minimum atomic E-state index is -2.39. The summed E-state index contributed by atoms with van der Waals surface area (Å²) in [5.41, 5.74) is 12.5. The molecular weight excluding hydrogens is 1020 g/mol. The molecule has 11 aromatic rings. The van der Waals surface area contributed by atoms with Crippen LogP contribution in [-0.4, -0.2) is 22.6 Å². The van der Waals surface area contributed by atoms with Crippen LogP contribution in [0.15, 0.2) is 155 Å². The Kier molecular flexibility index (Phi) is 11.2. The van der Waals surface area contributed by atoms with Crippen molar-refractivity contribution in [1.29, 1.82) is 5.26 Å². The van der Waals surface area contributed by atoms with Crippen LogP contribution in [0.5, 0.6) is 0 Å². The second kappa shape index (κ2) is 18.1. The van der Waals surface area contributed by atoms with Crippen molar-refractivity contribution in [1.82, 2.24) is 14.5 Å². The van der Waals surface area contributed by atoms with Gasteiger partial charge in [-0.25, -0.2) is 0 Å². The third-order valence-corrected chi connectivity index (χ3v) is 14.4. The van der Waals surface area contributed by atoms with Gasteiger partial charge in [-0.05, 0) is 106 Å². The van der Waals surface area contributed by atoms with E-state index in [4.69, 9.17) is 17.9 Å². The number of rotatable bonds is 7. The largest absolute Gasteiger partial charge is 0.501 e. The van der Waals surface area contributed by atoms with Crippen LogP contribution in [0.2, 0.25) is 19.6 Å². The van der Waals surface area contributed by atoms with Gasteiger partial charge in [-0.2, -0.15) is 5.26 Å². The molecule has 0 N–H and O–H groups in total. The summed E-state index contributed by atoms with van der Waals surface area (Å²) in [5.74, 6) is 0.740. The zero-order valence-corrected chi connectivity index (χ0v) is 41.8. The number of aromatic nitrogens is 3. The van der Waals surface area contributed by atoms with Crippen LogP contribution in [0.3, 0.4) is 0 Å². The van der Waals surface area contributed by atoms with E-state index in [9.17, 15) is 5.26 Å². The topological polar surface area (TPSA) is 80.8 Å². The number of para-hydroxylation sites is 1. The van der Waals surface area contributed by atoms with Gasteiger partial charge in [-0.15, -0.1) is 54.1 Å². The summed E-state index contributed by atoms with van der Waals surface area (Å²) < 4.78 is 40.9. The van der Waals surface area contributed by atoms with Gasteiger partial charge >= 0.3 is 0 Å². The molecule has 0 saturated heterocycles. The Bertz CT molecular complexity index is 3740. The Hall–Kier alpha value is -6.88. The van der Waals surface area contributed by atoms with E-state index >= 15 is 0 Å². The van der Waals surface area contributed by atoms with Gasteiger partial charge in [-0.1, -0.05) is 113 Å². The van der Waals surface area contributed by atoms with Crippen molar-refractivity contribution in [3.8, 4) is 45.5 Å². The van der Waals surface area contributed by atoms with Crippen molar-refractivity contribution in [3.05, 3.63) is 180 Å². The number of furan rings is 2. The van der Waals surface area contributed by atoms with E-state index in [0.717, 1.165) is 60.7 Å². The predicted molar refractivity (Wildman–Crippen MR) is 274 cm³/mol. The van der Waals surface area contributed by atoms with Crippen molar-refractivity contribution < 1.29 is 33.1 Å². The Morgan fingerprint density at radius 3 is 2.06 bits per heavy atom. The molecule has 8 heteroatoms. The quantitative estimate of drug-likeness (QED) is 0.117. The molecule has 0 saturated carbocycles. The second-order valence-electron chi connectivity index (χ2n) is 18.5. The molecule has 0 amide bonds. The monoisotopic (exact) mass is 1070 g/mol. The van der Waals surface area contributed by atoms with E-state index in [1.807, 2.05) is 85.1 Å². The molecule has 4 heterocycles. The summed E-state index contributed by atoms with van der Waals surface area (Å²) >= 11 is 0. The van der Waals surface area contributed by atoms with Crippen LogP contribution in [-0.2, 0) is 20.1 Å². The summed E-state index contributed by atoms with van der Waals surface area (Å²) in [6, 6.07) is 54.5. The second-order valence-corrected chi connectivity index (χ2v) is 23.6. The molecule has 7 aromatic carbocycles. The van der Waals surface area contributed by atoms with Crippen molar-refractivity contribution in [3.63, 3.8) is 0 Å². The fourth-order valence-corrected chi connectivity index (χ4v) is 9.96. The molecule has 0 unspecified atom stereocenters. The molecule has 0 fully saturated rings. The van der Waals surface area contributed by atoms with Crippen molar-refractivity contribution in [2.75, 3.05) is 0 Å². The number of fused-ring (bicyclic) bond motifs is 7. The van der Waals surface area contributed by atoms with Crippen LogP contribution in [0, 0.1) is 30.3 Å². The van der Waals surface area contributed by atoms with Crippen molar-refractivity contribution in [2.24, 2.45) is 0 Å². The first-order chi connectivity index (χ1) is 33.1. The molecule has 0 aliphatic carbocycles. The van der Waals surface area contributed by atoms with Gasteiger partial charge in [0.15, 0.2) is 0 Å². The van der Waals surface area contributed by atoms with Gasteiger partial charge in [0.05, 0.1) is 42.1 Å². The van der Waals surface area contributed by atoms with E-state index < -0.39 is 14.9 Å². The fourth-order valence-electron chi connectivity index (χ4n) is 8.92. The van der Waals surface area contributed by atoms with Crippen LogP contribution in [0.1, 0.15) is 65.9 Å². The molecule has 1 radical (unpaired) electrons. The number of hydrogen-bond donors (Lipinski definition) is 0. The normalized spacial score (nSPS) is 12.6. The molecule has 0 atom stereocenters. The third kappa shape index (κ3) is 8.33. The van der Waals surface area contributed by atoms with Gasteiger partial charge in [0.2, 0.25) is 0 Å². The first kappa shape index (κ1) is 41.5. The SMILES string of the molecule is C[Si](C)(C)c1ccc(-c2[c-]cccc2)nc1.[2H]C([2H])([2H])c1cccc2nc(-c3[c-]ccc4c3oc3cc5c(cc34)oc3cc(C#N)ccc35)n(-c3c(C(C)C)cc(-c4ccccc4)cc3C(C)C)c12.[Ir]. The van der Waals surface area contributed by atoms with Crippen LogP contribution in [0.25, 0.3) is 94.4 Å². The molecule has 6 nitrogen and oxygen atoms in total. The summed E-state index contributed by atoms with van der Waals surface area (Å²) in [7, 11) is -1.23. The van der Waals surface area contributed by atoms with Crippen LogP contribution >= 0.6 is 0 Å². The van der Waals surface area contributed by atoms with E-state index in [-0.39, 0.29) is 37.5 Å². The Morgan fingerprint density at radius 2 is 1.40 bits per heavy atom. The van der Waals surface area contributed by atoms with E-state index in [1.54, 1.807) is 24.3 Å². The summed E-state index contributed by atoms with van der Waals surface area (Å²) in [6.45, 7) is 13.3. The Morgan fingerprint density at radius 1 is 0.687 bits per heavy atom. The average molecular weight is 1070 g/mol. The number of imidazole rings is 1. The molecule has 67 heavy (non-hydrogen) atoms. The third-order valence-electron chi connectivity index (χ3n) is 12.4. The van der Waals surface area contributed by atoms with Crippen LogP contribution < -0.4 is 5.19 Å². The summed E-state index contributed by atoms with van der Waals surface area (Å²) in [4.78, 5) is 9.73.